The van der Waals surface area contributed by atoms with Gasteiger partial charge in [0.1, 0.15) is 5.52 Å². The molecule has 4 rings (SSSR count). The van der Waals surface area contributed by atoms with Crippen molar-refractivity contribution in [2.75, 3.05) is 13.1 Å². The summed E-state index contributed by atoms with van der Waals surface area (Å²) < 4.78 is 5.73. The second kappa shape index (κ2) is 5.82. The molecule has 0 unspecified atom stereocenters. The summed E-state index contributed by atoms with van der Waals surface area (Å²) >= 11 is 0. The van der Waals surface area contributed by atoms with Gasteiger partial charge in [0.25, 0.3) is 5.69 Å². The summed E-state index contributed by atoms with van der Waals surface area (Å²) in [5, 5.41) is 21.6. The van der Waals surface area contributed by atoms with Crippen molar-refractivity contribution in [1.29, 1.82) is 0 Å². The number of aromatic nitrogens is 1. The molecule has 1 aliphatic carbocycles. The molecule has 2 atom stereocenters. The van der Waals surface area contributed by atoms with Gasteiger partial charge >= 0.3 is 0 Å². The molecule has 2 heterocycles. The zero-order valence-corrected chi connectivity index (χ0v) is 13.5. The molecule has 7 nitrogen and oxygen atoms in total. The van der Waals surface area contributed by atoms with Crippen LogP contribution in [0.3, 0.4) is 0 Å². The Morgan fingerprint density at radius 2 is 2.29 bits per heavy atom. The number of fused-ring (bicyclic) bond motifs is 2. The number of hydrogen-bond acceptors (Lipinski definition) is 6. The number of nitro groups is 1. The maximum Gasteiger partial charge on any atom is 0.271 e. The van der Waals surface area contributed by atoms with Gasteiger partial charge in [0.2, 0.25) is 5.89 Å². The van der Waals surface area contributed by atoms with E-state index in [-0.39, 0.29) is 5.69 Å². The van der Waals surface area contributed by atoms with E-state index in [1.165, 1.54) is 18.6 Å². The van der Waals surface area contributed by atoms with Crippen LogP contribution >= 0.6 is 0 Å². The molecule has 0 bridgehead atoms. The smallest absolute Gasteiger partial charge is 0.271 e. The lowest BCUT2D eigenvalue weighted by Crippen LogP contribution is -2.52. The summed E-state index contributed by atoms with van der Waals surface area (Å²) in [6.45, 7) is 2.26. The third kappa shape index (κ3) is 2.78. The number of rotatable bonds is 3. The van der Waals surface area contributed by atoms with Crippen LogP contribution < -0.4 is 0 Å². The van der Waals surface area contributed by atoms with E-state index in [2.05, 4.69) is 9.88 Å². The lowest BCUT2D eigenvalue weighted by atomic mass is 9.71. The van der Waals surface area contributed by atoms with Crippen LogP contribution in [0.1, 0.15) is 38.0 Å². The quantitative estimate of drug-likeness (QED) is 0.687. The molecule has 2 aromatic rings. The molecule has 7 heteroatoms. The van der Waals surface area contributed by atoms with Gasteiger partial charge in [-0.1, -0.05) is 12.8 Å². The SMILES string of the molecule is O=[N+]([O-])c1ccc2oc(CN3CC[C@]4(O)CCCC[C@H]4C3)nc2c1. The topological polar surface area (TPSA) is 92.6 Å². The average molecular weight is 331 g/mol. The summed E-state index contributed by atoms with van der Waals surface area (Å²) in [5.74, 6) is 0.900. The van der Waals surface area contributed by atoms with Gasteiger partial charge < -0.3 is 9.52 Å². The first-order chi connectivity index (χ1) is 11.5. The summed E-state index contributed by atoms with van der Waals surface area (Å²) in [7, 11) is 0. The number of aliphatic hydroxyl groups is 1. The largest absolute Gasteiger partial charge is 0.439 e. The summed E-state index contributed by atoms with van der Waals surface area (Å²) in [4.78, 5) is 17.1. The fourth-order valence-corrected chi connectivity index (χ4v) is 4.12. The normalized spacial score (nSPS) is 28.0. The minimum atomic E-state index is -0.489. The molecule has 1 aromatic carbocycles. The van der Waals surface area contributed by atoms with Gasteiger partial charge in [0, 0.05) is 31.1 Å². The van der Waals surface area contributed by atoms with Crippen molar-refractivity contribution in [2.24, 2.45) is 5.92 Å². The highest BCUT2D eigenvalue weighted by Crippen LogP contribution is 2.40. The highest BCUT2D eigenvalue weighted by molar-refractivity contribution is 5.75. The number of nitrogens with zero attached hydrogens (tertiary/aromatic N) is 3. The minimum absolute atomic E-state index is 0.0209. The maximum absolute atomic E-state index is 10.8. The Labute approximate surface area is 139 Å². The molecular formula is C17H21N3O4. The number of hydrogen-bond donors (Lipinski definition) is 1. The van der Waals surface area contributed by atoms with Gasteiger partial charge in [-0.05, 0) is 25.3 Å². The van der Waals surface area contributed by atoms with Crippen LogP contribution in [0.25, 0.3) is 11.1 Å². The van der Waals surface area contributed by atoms with E-state index < -0.39 is 10.5 Å². The van der Waals surface area contributed by atoms with Crippen LogP contribution in [-0.4, -0.2) is 38.6 Å². The molecule has 2 fully saturated rings. The van der Waals surface area contributed by atoms with E-state index in [1.54, 1.807) is 6.07 Å². The number of benzene rings is 1. The van der Waals surface area contributed by atoms with E-state index in [0.29, 0.717) is 29.5 Å². The van der Waals surface area contributed by atoms with E-state index >= 15 is 0 Å². The predicted octanol–water partition coefficient (Wildman–Crippen LogP) is 2.86. The molecule has 0 amide bonds. The van der Waals surface area contributed by atoms with Crippen LogP contribution in [-0.2, 0) is 6.54 Å². The lowest BCUT2D eigenvalue weighted by Gasteiger charge is -2.47. The molecule has 1 N–H and O–H groups in total. The molecule has 0 spiro atoms. The number of likely N-dealkylation sites (tertiary alicyclic amines) is 1. The first-order valence-corrected chi connectivity index (χ1v) is 8.52. The molecule has 128 valence electrons. The zero-order chi connectivity index (χ0) is 16.7. The van der Waals surface area contributed by atoms with Gasteiger partial charge in [-0.15, -0.1) is 0 Å². The molecule has 1 aliphatic heterocycles. The number of piperidine rings is 1. The van der Waals surface area contributed by atoms with Crippen LogP contribution in [0.15, 0.2) is 22.6 Å². The Kier molecular flexibility index (Phi) is 3.77. The third-order valence-corrected chi connectivity index (χ3v) is 5.50. The zero-order valence-electron chi connectivity index (χ0n) is 13.5. The second-order valence-corrected chi connectivity index (χ2v) is 7.05. The monoisotopic (exact) mass is 331 g/mol. The minimum Gasteiger partial charge on any atom is -0.439 e. The summed E-state index contributed by atoms with van der Waals surface area (Å²) in [5.41, 5.74) is 0.621. The fraction of sp³-hybridized carbons (Fsp3) is 0.588. The standard InChI is InChI=1S/C17H21N3O4/c21-17-6-2-1-3-12(17)10-19(8-7-17)11-16-18-14-9-13(20(22)23)4-5-15(14)24-16/h4-5,9,12,21H,1-3,6-8,10-11H2/t12-,17+/m0/s1. The van der Waals surface area contributed by atoms with Crippen molar-refractivity contribution in [3.05, 3.63) is 34.2 Å². The number of nitro benzene ring substituents is 1. The van der Waals surface area contributed by atoms with Crippen LogP contribution in [0.2, 0.25) is 0 Å². The van der Waals surface area contributed by atoms with Crippen molar-refractivity contribution in [3.63, 3.8) is 0 Å². The Balaban J connectivity index is 1.49. The van der Waals surface area contributed by atoms with E-state index in [0.717, 1.165) is 38.8 Å². The summed E-state index contributed by atoms with van der Waals surface area (Å²) in [6, 6.07) is 4.47. The second-order valence-electron chi connectivity index (χ2n) is 7.05. The van der Waals surface area contributed by atoms with E-state index in [4.69, 9.17) is 4.42 Å². The first kappa shape index (κ1) is 15.5. The molecule has 24 heavy (non-hydrogen) atoms. The van der Waals surface area contributed by atoms with Crippen molar-refractivity contribution < 1.29 is 14.4 Å². The predicted molar refractivity (Wildman–Crippen MR) is 87.5 cm³/mol. The van der Waals surface area contributed by atoms with Gasteiger partial charge in [0.15, 0.2) is 5.58 Å². The Morgan fingerprint density at radius 3 is 3.12 bits per heavy atom. The maximum atomic E-state index is 10.8. The molecule has 0 radical (unpaired) electrons. The van der Waals surface area contributed by atoms with E-state index in [9.17, 15) is 15.2 Å². The van der Waals surface area contributed by atoms with Crippen LogP contribution in [0.5, 0.6) is 0 Å². The van der Waals surface area contributed by atoms with Crippen molar-refractivity contribution in [3.8, 4) is 0 Å². The molecule has 1 saturated carbocycles. The van der Waals surface area contributed by atoms with Gasteiger partial charge in [-0.2, -0.15) is 0 Å². The van der Waals surface area contributed by atoms with Crippen LogP contribution in [0, 0.1) is 16.0 Å². The molecular weight excluding hydrogens is 310 g/mol. The Hall–Kier alpha value is -1.99. The van der Waals surface area contributed by atoms with Gasteiger partial charge in [0.05, 0.1) is 17.1 Å². The van der Waals surface area contributed by atoms with Gasteiger partial charge in [-0.25, -0.2) is 4.98 Å². The molecule has 1 aromatic heterocycles. The molecule has 1 saturated heterocycles. The van der Waals surface area contributed by atoms with Crippen molar-refractivity contribution in [2.45, 2.75) is 44.2 Å². The summed E-state index contributed by atoms with van der Waals surface area (Å²) in [6.07, 6.45) is 5.10. The third-order valence-electron chi connectivity index (χ3n) is 5.50. The number of oxazole rings is 1. The highest BCUT2D eigenvalue weighted by atomic mass is 16.6. The average Bonchev–Trinajstić information content (AvgIpc) is 2.96. The van der Waals surface area contributed by atoms with Gasteiger partial charge in [-0.3, -0.25) is 15.0 Å². The first-order valence-electron chi connectivity index (χ1n) is 8.52. The Morgan fingerprint density at radius 1 is 1.42 bits per heavy atom. The van der Waals surface area contributed by atoms with E-state index in [1.807, 2.05) is 0 Å². The fourth-order valence-electron chi connectivity index (χ4n) is 4.12. The van der Waals surface area contributed by atoms with Crippen LogP contribution in [0.4, 0.5) is 5.69 Å². The lowest BCUT2D eigenvalue weighted by molar-refractivity contribution is -0.384. The molecule has 2 aliphatic rings. The Bertz CT molecular complexity index is 774. The van der Waals surface area contributed by atoms with Crippen molar-refractivity contribution >= 4 is 16.8 Å². The number of non-ortho nitro benzene ring substituents is 1. The van der Waals surface area contributed by atoms with Crippen molar-refractivity contribution in [1.82, 2.24) is 9.88 Å². The highest BCUT2D eigenvalue weighted by Gasteiger charge is 2.42.